The maximum absolute atomic E-state index is 6.12. The first kappa shape index (κ1) is 15.2. The van der Waals surface area contributed by atoms with Crippen molar-refractivity contribution in [1.82, 2.24) is 0 Å². The summed E-state index contributed by atoms with van der Waals surface area (Å²) in [6.07, 6.45) is 0. The van der Waals surface area contributed by atoms with Gasteiger partial charge < -0.3 is 10.5 Å². The molecule has 116 valence electrons. The molecule has 3 aromatic carbocycles. The van der Waals surface area contributed by atoms with Crippen LogP contribution < -0.4 is 10.5 Å². The van der Waals surface area contributed by atoms with Crippen molar-refractivity contribution < 1.29 is 4.74 Å². The average Bonchev–Trinajstić information content (AvgIpc) is 2.56. The van der Waals surface area contributed by atoms with Gasteiger partial charge in [-0.05, 0) is 23.8 Å². The van der Waals surface area contributed by atoms with E-state index in [0.29, 0.717) is 5.69 Å². The fourth-order valence-corrected chi connectivity index (χ4v) is 2.79. The Balaban J connectivity index is 2.01. The minimum absolute atomic E-state index is 0.155. The average molecular weight is 303 g/mol. The van der Waals surface area contributed by atoms with E-state index in [1.165, 1.54) is 5.56 Å². The molecule has 0 aliphatic rings. The third-order valence-electron chi connectivity index (χ3n) is 4.14. The molecular formula is C21H21NO. The van der Waals surface area contributed by atoms with Crippen molar-refractivity contribution in [3.05, 3.63) is 90.0 Å². The van der Waals surface area contributed by atoms with Crippen LogP contribution in [0.4, 0.5) is 5.69 Å². The molecule has 0 aliphatic heterocycles. The monoisotopic (exact) mass is 303 g/mol. The molecule has 0 saturated carbocycles. The van der Waals surface area contributed by atoms with Crippen molar-refractivity contribution in [2.24, 2.45) is 0 Å². The van der Waals surface area contributed by atoms with E-state index in [1.807, 2.05) is 48.5 Å². The zero-order valence-corrected chi connectivity index (χ0v) is 13.5. The molecule has 3 rings (SSSR count). The normalized spacial score (nSPS) is 11.2. The lowest BCUT2D eigenvalue weighted by atomic mass is 9.78. The minimum Gasteiger partial charge on any atom is -0.457 e. The van der Waals surface area contributed by atoms with Crippen LogP contribution in [0.2, 0.25) is 0 Å². The van der Waals surface area contributed by atoms with E-state index in [-0.39, 0.29) is 5.41 Å². The van der Waals surface area contributed by atoms with Crippen LogP contribution in [-0.4, -0.2) is 0 Å². The maximum Gasteiger partial charge on any atom is 0.131 e. The molecule has 23 heavy (non-hydrogen) atoms. The van der Waals surface area contributed by atoms with Gasteiger partial charge in [0.15, 0.2) is 0 Å². The summed E-state index contributed by atoms with van der Waals surface area (Å²) < 4.78 is 6.12. The van der Waals surface area contributed by atoms with E-state index in [1.54, 1.807) is 0 Å². The summed E-state index contributed by atoms with van der Waals surface area (Å²) in [6, 6.07) is 26.1. The molecule has 0 atom stereocenters. The number of ether oxygens (including phenoxy) is 1. The van der Waals surface area contributed by atoms with E-state index in [0.717, 1.165) is 17.1 Å². The highest BCUT2D eigenvalue weighted by Gasteiger charge is 2.26. The van der Waals surface area contributed by atoms with Crippen LogP contribution in [0.1, 0.15) is 25.0 Å². The first-order valence-electron chi connectivity index (χ1n) is 7.76. The third kappa shape index (κ3) is 3.21. The molecule has 2 N–H and O–H groups in total. The smallest absolute Gasteiger partial charge is 0.131 e. The van der Waals surface area contributed by atoms with Crippen molar-refractivity contribution in [2.75, 3.05) is 5.73 Å². The highest BCUT2D eigenvalue weighted by atomic mass is 16.5. The molecule has 2 heteroatoms. The van der Waals surface area contributed by atoms with Gasteiger partial charge in [0.2, 0.25) is 0 Å². The first-order valence-corrected chi connectivity index (χ1v) is 7.76. The summed E-state index contributed by atoms with van der Waals surface area (Å²) in [4.78, 5) is 0. The Morgan fingerprint density at radius 1 is 0.783 bits per heavy atom. The largest absolute Gasteiger partial charge is 0.457 e. The number of nitrogen functional groups attached to an aromatic ring is 1. The van der Waals surface area contributed by atoms with E-state index in [9.17, 15) is 0 Å². The molecule has 0 amide bonds. The predicted molar refractivity (Wildman–Crippen MR) is 95.9 cm³/mol. The molecule has 3 aromatic rings. The van der Waals surface area contributed by atoms with Gasteiger partial charge in [-0.2, -0.15) is 0 Å². The number of rotatable bonds is 4. The second kappa shape index (κ2) is 6.17. The van der Waals surface area contributed by atoms with Gasteiger partial charge in [-0.3, -0.25) is 0 Å². The fourth-order valence-electron chi connectivity index (χ4n) is 2.79. The third-order valence-corrected chi connectivity index (χ3v) is 4.14. The van der Waals surface area contributed by atoms with Crippen LogP contribution in [0, 0.1) is 0 Å². The number of para-hydroxylation sites is 1. The Labute approximate surface area is 137 Å². The lowest BCUT2D eigenvalue weighted by Gasteiger charge is -2.28. The van der Waals surface area contributed by atoms with Gasteiger partial charge in [0.25, 0.3) is 0 Å². The number of hydrogen-bond acceptors (Lipinski definition) is 2. The van der Waals surface area contributed by atoms with E-state index in [2.05, 4.69) is 44.2 Å². The van der Waals surface area contributed by atoms with Gasteiger partial charge in [0, 0.05) is 22.7 Å². The van der Waals surface area contributed by atoms with Crippen molar-refractivity contribution in [2.45, 2.75) is 19.3 Å². The van der Waals surface area contributed by atoms with E-state index < -0.39 is 0 Å². The van der Waals surface area contributed by atoms with Gasteiger partial charge in [-0.1, -0.05) is 68.4 Å². The van der Waals surface area contributed by atoms with Crippen LogP contribution in [0.5, 0.6) is 11.5 Å². The maximum atomic E-state index is 6.12. The lowest BCUT2D eigenvalue weighted by Crippen LogP contribution is -2.19. The van der Waals surface area contributed by atoms with Gasteiger partial charge in [-0.25, -0.2) is 0 Å². The first-order chi connectivity index (χ1) is 11.1. The van der Waals surface area contributed by atoms with Gasteiger partial charge in [-0.15, -0.1) is 0 Å². The molecule has 0 aliphatic carbocycles. The van der Waals surface area contributed by atoms with Gasteiger partial charge in [0.1, 0.15) is 11.5 Å². The summed E-state index contributed by atoms with van der Waals surface area (Å²) in [7, 11) is 0. The number of anilines is 1. The molecule has 0 radical (unpaired) electrons. The zero-order chi connectivity index (χ0) is 16.3. The summed E-state index contributed by atoms with van der Waals surface area (Å²) >= 11 is 0. The van der Waals surface area contributed by atoms with Crippen molar-refractivity contribution in [3.8, 4) is 11.5 Å². The number of benzene rings is 3. The second-order valence-corrected chi connectivity index (χ2v) is 6.16. The van der Waals surface area contributed by atoms with Crippen LogP contribution in [0.3, 0.4) is 0 Å². The highest BCUT2D eigenvalue weighted by molar-refractivity contribution is 5.49. The fraction of sp³-hybridized carbons (Fsp3) is 0.143. The Kier molecular flexibility index (Phi) is 4.07. The molecule has 0 heterocycles. The number of nitrogens with two attached hydrogens (primary N) is 1. The Bertz CT molecular complexity index is 794. The second-order valence-electron chi connectivity index (χ2n) is 6.16. The zero-order valence-electron chi connectivity index (χ0n) is 13.5. The molecule has 0 fully saturated rings. The van der Waals surface area contributed by atoms with Crippen molar-refractivity contribution in [3.63, 3.8) is 0 Å². The molecular weight excluding hydrogens is 282 g/mol. The summed E-state index contributed by atoms with van der Waals surface area (Å²) in [6.45, 7) is 4.42. The lowest BCUT2D eigenvalue weighted by molar-refractivity contribution is 0.462. The molecule has 0 bridgehead atoms. The SMILES string of the molecule is CC(C)(c1ccccc1)c1ccccc1Oc1cccc(N)c1. The van der Waals surface area contributed by atoms with Crippen molar-refractivity contribution >= 4 is 5.69 Å². The summed E-state index contributed by atoms with van der Waals surface area (Å²) in [5, 5.41) is 0. The Hall–Kier alpha value is -2.74. The van der Waals surface area contributed by atoms with E-state index in [4.69, 9.17) is 10.5 Å². The molecule has 0 unspecified atom stereocenters. The Morgan fingerprint density at radius 2 is 1.48 bits per heavy atom. The van der Waals surface area contributed by atoms with Crippen molar-refractivity contribution in [1.29, 1.82) is 0 Å². The van der Waals surface area contributed by atoms with Crippen LogP contribution in [0.25, 0.3) is 0 Å². The molecule has 0 saturated heterocycles. The standard InChI is InChI=1S/C21H21NO/c1-21(2,16-9-4-3-5-10-16)19-13-6-7-14-20(19)23-18-12-8-11-17(22)15-18/h3-15H,22H2,1-2H3. The molecule has 0 spiro atoms. The predicted octanol–water partition coefficient (Wildman–Crippen LogP) is 5.39. The van der Waals surface area contributed by atoms with E-state index >= 15 is 0 Å². The summed E-state index contributed by atoms with van der Waals surface area (Å²) in [5.41, 5.74) is 8.79. The quantitative estimate of drug-likeness (QED) is 0.656. The molecule has 0 aromatic heterocycles. The number of hydrogen-bond donors (Lipinski definition) is 1. The topological polar surface area (TPSA) is 35.2 Å². The Morgan fingerprint density at radius 3 is 2.22 bits per heavy atom. The van der Waals surface area contributed by atoms with Gasteiger partial charge in [0.05, 0.1) is 0 Å². The van der Waals surface area contributed by atoms with Crippen LogP contribution in [0.15, 0.2) is 78.9 Å². The highest BCUT2D eigenvalue weighted by Crippen LogP contribution is 2.38. The summed E-state index contributed by atoms with van der Waals surface area (Å²) in [5.74, 6) is 1.60. The van der Waals surface area contributed by atoms with Crippen LogP contribution in [-0.2, 0) is 5.41 Å². The molecule has 2 nitrogen and oxygen atoms in total. The van der Waals surface area contributed by atoms with Crippen LogP contribution >= 0.6 is 0 Å². The minimum atomic E-state index is -0.155. The van der Waals surface area contributed by atoms with Gasteiger partial charge >= 0.3 is 0 Å².